The summed E-state index contributed by atoms with van der Waals surface area (Å²) < 4.78 is 9.24. The Morgan fingerprint density at radius 2 is 1.89 bits per heavy atom. The molecule has 0 aliphatic carbocycles. The van der Waals surface area contributed by atoms with Crippen LogP contribution in [0.1, 0.15) is 35.2 Å². The maximum absolute atomic E-state index is 11.2. The molecule has 0 unspecified atom stereocenters. The summed E-state index contributed by atoms with van der Waals surface area (Å²) in [5.74, 6) is -0.312. The van der Waals surface area contributed by atoms with E-state index in [1.807, 2.05) is 12.1 Å². The molecule has 0 saturated carbocycles. The van der Waals surface area contributed by atoms with Crippen molar-refractivity contribution in [1.29, 1.82) is 0 Å². The summed E-state index contributed by atoms with van der Waals surface area (Å²) in [5, 5.41) is 0. The Balaban J connectivity index is 2.26. The Hall–Kier alpha value is -1.84. The van der Waals surface area contributed by atoms with E-state index in [1.165, 1.54) is 12.7 Å². The van der Waals surface area contributed by atoms with Crippen molar-refractivity contribution in [2.75, 3.05) is 13.7 Å². The fourth-order valence-electron chi connectivity index (χ4n) is 1.66. The van der Waals surface area contributed by atoms with Crippen LogP contribution in [0.3, 0.4) is 0 Å². The van der Waals surface area contributed by atoms with Gasteiger partial charge in [-0.05, 0) is 43.4 Å². The van der Waals surface area contributed by atoms with Crippen molar-refractivity contribution in [3.63, 3.8) is 0 Å². The summed E-state index contributed by atoms with van der Waals surface area (Å²) in [5.41, 5.74) is 1.76. The molecular formula is C14H18O4. The van der Waals surface area contributed by atoms with E-state index in [0.717, 1.165) is 25.7 Å². The van der Waals surface area contributed by atoms with Crippen LogP contribution in [0.4, 0.5) is 0 Å². The number of aryl methyl sites for hydroxylation is 1. The lowest BCUT2D eigenvalue weighted by atomic mass is 10.1. The van der Waals surface area contributed by atoms with Crippen molar-refractivity contribution in [1.82, 2.24) is 0 Å². The molecule has 1 aromatic rings. The van der Waals surface area contributed by atoms with Gasteiger partial charge < -0.3 is 9.47 Å². The first-order chi connectivity index (χ1) is 8.77. The Kier molecular flexibility index (Phi) is 6.54. The van der Waals surface area contributed by atoms with Crippen LogP contribution in [0.2, 0.25) is 0 Å². The van der Waals surface area contributed by atoms with Crippen molar-refractivity contribution in [3.05, 3.63) is 35.4 Å². The van der Waals surface area contributed by atoms with Crippen LogP contribution in [-0.4, -0.2) is 26.2 Å². The Morgan fingerprint density at radius 1 is 1.17 bits per heavy atom. The van der Waals surface area contributed by atoms with E-state index in [4.69, 9.17) is 0 Å². The third kappa shape index (κ3) is 4.99. The topological polar surface area (TPSA) is 52.6 Å². The van der Waals surface area contributed by atoms with Crippen LogP contribution in [0, 0.1) is 0 Å². The first-order valence-electron chi connectivity index (χ1n) is 6.00. The molecule has 0 spiro atoms. The second-order valence-electron chi connectivity index (χ2n) is 3.97. The number of rotatable bonds is 8. The number of ether oxygens (including phenoxy) is 2. The summed E-state index contributed by atoms with van der Waals surface area (Å²) in [7, 11) is 1.37. The lowest BCUT2D eigenvalue weighted by molar-refractivity contribution is -0.128. The molecule has 4 heteroatoms. The number of esters is 1. The summed E-state index contributed by atoms with van der Waals surface area (Å²) >= 11 is 0. The summed E-state index contributed by atoms with van der Waals surface area (Å²) in [6.07, 6.45) is 3.91. The van der Waals surface area contributed by atoms with E-state index in [0.29, 0.717) is 18.6 Å². The lowest BCUT2D eigenvalue weighted by Crippen LogP contribution is -2.00. The van der Waals surface area contributed by atoms with Gasteiger partial charge in [-0.3, -0.25) is 4.79 Å². The molecule has 0 heterocycles. The molecule has 0 atom stereocenters. The first-order valence-corrected chi connectivity index (χ1v) is 6.00. The van der Waals surface area contributed by atoms with Gasteiger partial charge in [0.1, 0.15) is 0 Å². The molecule has 0 amide bonds. The Labute approximate surface area is 107 Å². The monoisotopic (exact) mass is 250 g/mol. The normalized spacial score (nSPS) is 9.83. The highest BCUT2D eigenvalue weighted by molar-refractivity contribution is 5.89. The summed E-state index contributed by atoms with van der Waals surface area (Å²) in [6.45, 7) is 0.969. The smallest absolute Gasteiger partial charge is 0.337 e. The number of methoxy groups -OCH3 is 1. The maximum Gasteiger partial charge on any atom is 0.337 e. The highest BCUT2D eigenvalue weighted by Crippen LogP contribution is 2.09. The molecule has 0 aliphatic heterocycles. The molecule has 18 heavy (non-hydrogen) atoms. The standard InChI is InChI=1S/C14H18O4/c1-17-14(16)13-8-6-12(7-9-13)5-3-2-4-10-18-11-15/h6-9,11H,2-5,10H2,1H3. The average Bonchev–Trinajstić information content (AvgIpc) is 2.42. The molecule has 0 fully saturated rings. The van der Waals surface area contributed by atoms with Gasteiger partial charge >= 0.3 is 5.97 Å². The van der Waals surface area contributed by atoms with Crippen LogP contribution < -0.4 is 0 Å². The van der Waals surface area contributed by atoms with Gasteiger partial charge in [0, 0.05) is 0 Å². The van der Waals surface area contributed by atoms with E-state index in [-0.39, 0.29) is 5.97 Å². The van der Waals surface area contributed by atoms with Gasteiger partial charge in [0.05, 0.1) is 19.3 Å². The molecule has 0 bridgehead atoms. The van der Waals surface area contributed by atoms with Crippen LogP contribution in [-0.2, 0) is 20.7 Å². The maximum atomic E-state index is 11.2. The molecule has 1 aromatic carbocycles. The molecule has 0 aliphatic rings. The van der Waals surface area contributed by atoms with Gasteiger partial charge in [-0.15, -0.1) is 0 Å². The quantitative estimate of drug-likeness (QED) is 0.404. The SMILES string of the molecule is COC(=O)c1ccc(CCCCCOC=O)cc1. The van der Waals surface area contributed by atoms with Crippen LogP contribution in [0.15, 0.2) is 24.3 Å². The van der Waals surface area contributed by atoms with E-state index >= 15 is 0 Å². The zero-order chi connectivity index (χ0) is 13.2. The van der Waals surface area contributed by atoms with Gasteiger partial charge in [-0.2, -0.15) is 0 Å². The lowest BCUT2D eigenvalue weighted by Gasteiger charge is -2.03. The van der Waals surface area contributed by atoms with Gasteiger partial charge in [0.15, 0.2) is 0 Å². The Morgan fingerprint density at radius 3 is 2.50 bits per heavy atom. The van der Waals surface area contributed by atoms with Crippen molar-refractivity contribution < 1.29 is 19.1 Å². The van der Waals surface area contributed by atoms with E-state index in [9.17, 15) is 9.59 Å². The number of benzene rings is 1. The largest absolute Gasteiger partial charge is 0.468 e. The minimum Gasteiger partial charge on any atom is -0.468 e. The molecule has 0 radical (unpaired) electrons. The average molecular weight is 250 g/mol. The Bertz CT molecular complexity index is 370. The van der Waals surface area contributed by atoms with Crippen LogP contribution in [0.5, 0.6) is 0 Å². The highest BCUT2D eigenvalue weighted by atomic mass is 16.5. The van der Waals surface area contributed by atoms with Gasteiger partial charge in [0.2, 0.25) is 0 Å². The molecular weight excluding hydrogens is 232 g/mol. The van der Waals surface area contributed by atoms with E-state index in [1.54, 1.807) is 12.1 Å². The predicted molar refractivity (Wildman–Crippen MR) is 67.4 cm³/mol. The van der Waals surface area contributed by atoms with Gasteiger partial charge in [0.25, 0.3) is 6.47 Å². The second-order valence-corrected chi connectivity index (χ2v) is 3.97. The van der Waals surface area contributed by atoms with Gasteiger partial charge in [-0.1, -0.05) is 12.1 Å². The number of unbranched alkanes of at least 4 members (excludes halogenated alkanes) is 2. The fourth-order valence-corrected chi connectivity index (χ4v) is 1.66. The van der Waals surface area contributed by atoms with Crippen molar-refractivity contribution in [2.24, 2.45) is 0 Å². The van der Waals surface area contributed by atoms with Crippen LogP contribution in [0.25, 0.3) is 0 Å². The van der Waals surface area contributed by atoms with Crippen molar-refractivity contribution in [2.45, 2.75) is 25.7 Å². The molecule has 4 nitrogen and oxygen atoms in total. The minimum atomic E-state index is -0.312. The summed E-state index contributed by atoms with van der Waals surface area (Å²) in [4.78, 5) is 21.1. The van der Waals surface area contributed by atoms with Gasteiger partial charge in [-0.25, -0.2) is 4.79 Å². The zero-order valence-corrected chi connectivity index (χ0v) is 10.6. The van der Waals surface area contributed by atoms with E-state index in [2.05, 4.69) is 9.47 Å². The number of carbonyl (C=O) groups is 2. The predicted octanol–water partition coefficient (Wildman–Crippen LogP) is 2.36. The number of hydrogen-bond acceptors (Lipinski definition) is 4. The summed E-state index contributed by atoms with van der Waals surface area (Å²) in [6, 6.07) is 7.43. The molecule has 0 saturated heterocycles. The fraction of sp³-hybridized carbons (Fsp3) is 0.429. The van der Waals surface area contributed by atoms with E-state index < -0.39 is 0 Å². The molecule has 1 rings (SSSR count). The third-order valence-electron chi connectivity index (χ3n) is 2.67. The molecule has 0 aromatic heterocycles. The molecule has 98 valence electrons. The number of hydrogen-bond donors (Lipinski definition) is 0. The zero-order valence-electron chi connectivity index (χ0n) is 10.6. The highest BCUT2D eigenvalue weighted by Gasteiger charge is 2.03. The molecule has 0 N–H and O–H groups in total. The van der Waals surface area contributed by atoms with Crippen molar-refractivity contribution in [3.8, 4) is 0 Å². The minimum absolute atomic E-state index is 0.312. The number of carbonyl (C=O) groups excluding carboxylic acids is 2. The second kappa shape index (κ2) is 8.28. The van der Waals surface area contributed by atoms with Crippen molar-refractivity contribution >= 4 is 12.4 Å². The third-order valence-corrected chi connectivity index (χ3v) is 2.67. The van der Waals surface area contributed by atoms with Crippen LogP contribution >= 0.6 is 0 Å². The first kappa shape index (κ1) is 14.2.